The van der Waals surface area contributed by atoms with E-state index < -0.39 is 52.6 Å². The Morgan fingerprint density at radius 1 is 0.886 bits per heavy atom. The van der Waals surface area contributed by atoms with Crippen LogP contribution in [0.3, 0.4) is 0 Å². The van der Waals surface area contributed by atoms with Gasteiger partial charge in [-0.1, -0.05) is 53.1 Å². The first kappa shape index (κ1) is 28.7. The molecule has 3 fully saturated rings. The molecular formula is C34H27Cl2FN2O5. The summed E-state index contributed by atoms with van der Waals surface area (Å²) in [5, 5.41) is 11.6. The Balaban J connectivity index is 1.38. The minimum atomic E-state index is -1.35. The molecule has 3 aromatic rings. The molecule has 7 nitrogen and oxygen atoms in total. The van der Waals surface area contributed by atoms with Crippen molar-refractivity contribution in [2.24, 2.45) is 29.1 Å². The quantitative estimate of drug-likeness (QED) is 0.260. The number of carbonyl (C=O) groups excluding carboxylic acids is 4. The first-order valence-electron chi connectivity index (χ1n) is 14.4. The van der Waals surface area contributed by atoms with Crippen LogP contribution in [0.1, 0.15) is 36.8 Å². The molecule has 0 radical (unpaired) electrons. The highest BCUT2D eigenvalue weighted by Gasteiger charge is 2.68. The van der Waals surface area contributed by atoms with Crippen molar-refractivity contribution in [3.63, 3.8) is 0 Å². The summed E-state index contributed by atoms with van der Waals surface area (Å²) in [5.74, 6) is -5.96. The number of rotatable bonds is 3. The van der Waals surface area contributed by atoms with E-state index in [4.69, 9.17) is 23.2 Å². The van der Waals surface area contributed by atoms with Crippen molar-refractivity contribution in [1.29, 1.82) is 0 Å². The van der Waals surface area contributed by atoms with E-state index >= 15 is 0 Å². The topological polar surface area (TPSA) is 95.0 Å². The number of phenolic OH excluding ortho intramolecular Hbond substituents is 1. The molecule has 0 spiro atoms. The lowest BCUT2D eigenvalue weighted by atomic mass is 9.51. The van der Waals surface area contributed by atoms with Gasteiger partial charge in [0.05, 0.1) is 39.6 Å². The zero-order valence-corrected chi connectivity index (χ0v) is 25.3. The van der Waals surface area contributed by atoms with Crippen LogP contribution in [0.15, 0.2) is 72.3 Å². The van der Waals surface area contributed by atoms with Gasteiger partial charge in [0.1, 0.15) is 11.6 Å². The zero-order chi connectivity index (χ0) is 31.2. The summed E-state index contributed by atoms with van der Waals surface area (Å²) in [6, 6.07) is 15.4. The van der Waals surface area contributed by atoms with Crippen molar-refractivity contribution in [2.75, 3.05) is 9.80 Å². The average molecular weight is 634 g/mol. The second kappa shape index (κ2) is 10.0. The first-order chi connectivity index (χ1) is 20.9. The number of hydrogen-bond acceptors (Lipinski definition) is 5. The predicted molar refractivity (Wildman–Crippen MR) is 163 cm³/mol. The van der Waals surface area contributed by atoms with E-state index in [1.165, 1.54) is 17.0 Å². The van der Waals surface area contributed by atoms with Gasteiger partial charge in [0.2, 0.25) is 23.6 Å². The largest absolute Gasteiger partial charge is 0.507 e. The van der Waals surface area contributed by atoms with Crippen molar-refractivity contribution in [3.8, 4) is 5.75 Å². The smallest absolute Gasteiger partial charge is 0.241 e. The van der Waals surface area contributed by atoms with Crippen molar-refractivity contribution in [1.82, 2.24) is 0 Å². The van der Waals surface area contributed by atoms with Crippen LogP contribution in [-0.4, -0.2) is 28.7 Å². The molecular weight excluding hydrogens is 606 g/mol. The molecule has 224 valence electrons. The van der Waals surface area contributed by atoms with E-state index in [0.717, 1.165) is 16.5 Å². The van der Waals surface area contributed by atoms with Gasteiger partial charge in [0, 0.05) is 16.5 Å². The van der Waals surface area contributed by atoms with Gasteiger partial charge < -0.3 is 5.11 Å². The fourth-order valence-electron chi connectivity index (χ4n) is 7.99. The first-order valence-corrected chi connectivity index (χ1v) is 15.2. The number of para-hydroxylation sites is 1. The maximum absolute atomic E-state index is 14.5. The second-order valence-corrected chi connectivity index (χ2v) is 13.1. The molecule has 2 saturated heterocycles. The van der Waals surface area contributed by atoms with Gasteiger partial charge in [-0.2, -0.15) is 0 Å². The lowest BCUT2D eigenvalue weighted by molar-refractivity contribution is -0.131. The van der Waals surface area contributed by atoms with Gasteiger partial charge in [-0.25, -0.2) is 9.29 Å². The molecule has 2 aliphatic carbocycles. The SMILES string of the molecule is Cc1cccc(C2C3=CCC4C(=O)N(c5ccc(Cl)cc5)C(=O)C4C3CC3C(=O)N(c4ccc(F)c(Cl)c4)C(=O)C32C)c1O. The number of phenols is 1. The summed E-state index contributed by atoms with van der Waals surface area (Å²) in [6.07, 6.45) is 2.34. The maximum Gasteiger partial charge on any atom is 0.241 e. The van der Waals surface area contributed by atoms with Crippen LogP contribution in [-0.2, 0) is 19.2 Å². The van der Waals surface area contributed by atoms with Gasteiger partial charge in [-0.15, -0.1) is 0 Å². The van der Waals surface area contributed by atoms with Gasteiger partial charge in [-0.3, -0.25) is 24.1 Å². The summed E-state index contributed by atoms with van der Waals surface area (Å²) < 4.78 is 14.1. The molecule has 4 amide bonds. The van der Waals surface area contributed by atoms with Crippen LogP contribution in [0.2, 0.25) is 10.0 Å². The Hall–Kier alpha value is -4.01. The summed E-state index contributed by atoms with van der Waals surface area (Å²) in [7, 11) is 0. The van der Waals surface area contributed by atoms with Crippen LogP contribution >= 0.6 is 23.2 Å². The molecule has 6 unspecified atom stereocenters. The Bertz CT molecular complexity index is 1820. The normalized spacial score (nSPS) is 29.5. The van der Waals surface area contributed by atoms with Gasteiger partial charge in [-0.05, 0) is 80.6 Å². The monoisotopic (exact) mass is 632 g/mol. The van der Waals surface area contributed by atoms with Crippen LogP contribution in [0.25, 0.3) is 0 Å². The third-order valence-electron chi connectivity index (χ3n) is 10.1. The minimum Gasteiger partial charge on any atom is -0.507 e. The Kier molecular flexibility index (Phi) is 6.54. The fraction of sp³-hybridized carbons (Fsp3) is 0.294. The van der Waals surface area contributed by atoms with Crippen molar-refractivity contribution in [3.05, 3.63) is 99.3 Å². The van der Waals surface area contributed by atoms with Crippen LogP contribution < -0.4 is 9.80 Å². The predicted octanol–water partition coefficient (Wildman–Crippen LogP) is 6.58. The number of anilines is 2. The molecule has 44 heavy (non-hydrogen) atoms. The molecule has 2 heterocycles. The summed E-state index contributed by atoms with van der Waals surface area (Å²) >= 11 is 12.1. The molecule has 10 heteroatoms. The minimum absolute atomic E-state index is 0.00119. The Labute approximate surface area is 262 Å². The zero-order valence-electron chi connectivity index (χ0n) is 23.8. The lowest BCUT2D eigenvalue weighted by Gasteiger charge is -2.49. The summed E-state index contributed by atoms with van der Waals surface area (Å²) in [4.78, 5) is 58.7. The number of aromatic hydroxyl groups is 1. The van der Waals surface area contributed by atoms with E-state index in [2.05, 4.69) is 0 Å². The highest BCUT2D eigenvalue weighted by molar-refractivity contribution is 6.32. The van der Waals surface area contributed by atoms with Gasteiger partial charge >= 0.3 is 0 Å². The van der Waals surface area contributed by atoms with Crippen LogP contribution in [0.4, 0.5) is 15.8 Å². The Morgan fingerprint density at radius 2 is 1.59 bits per heavy atom. The molecule has 3 aromatic carbocycles. The standard InChI is InChI=1S/C34H27Cl2FN2O5/c1-16-4-3-5-22(29(16)40)28-20-11-12-21-27(32(43)38(30(21)41)18-8-6-17(35)7-9-18)23(20)15-24-31(42)39(33(44)34(24,28)2)19-10-13-26(37)25(36)14-19/h3-11,13-14,21,23-24,27-28,40H,12,15H2,1-2H3. The number of nitrogens with zero attached hydrogens (tertiary/aromatic N) is 2. The molecule has 1 saturated carbocycles. The summed E-state index contributed by atoms with van der Waals surface area (Å²) in [5.41, 5.74) is 1.04. The number of halogens is 3. The van der Waals surface area contributed by atoms with E-state index in [1.54, 1.807) is 56.3 Å². The maximum atomic E-state index is 14.5. The molecule has 1 N–H and O–H groups in total. The van der Waals surface area contributed by atoms with E-state index in [9.17, 15) is 28.7 Å². The fourth-order valence-corrected chi connectivity index (χ4v) is 8.29. The second-order valence-electron chi connectivity index (χ2n) is 12.3. The third kappa shape index (κ3) is 3.86. The van der Waals surface area contributed by atoms with Crippen molar-refractivity contribution < 1.29 is 28.7 Å². The van der Waals surface area contributed by atoms with Crippen LogP contribution in [0.5, 0.6) is 5.75 Å². The number of benzene rings is 3. The molecule has 0 aromatic heterocycles. The molecule has 6 atom stereocenters. The Morgan fingerprint density at radius 3 is 2.30 bits per heavy atom. The highest BCUT2D eigenvalue weighted by atomic mass is 35.5. The van der Waals surface area contributed by atoms with E-state index in [0.29, 0.717) is 21.8 Å². The number of imide groups is 2. The van der Waals surface area contributed by atoms with Gasteiger partial charge in [0.25, 0.3) is 0 Å². The molecule has 7 rings (SSSR count). The van der Waals surface area contributed by atoms with E-state index in [1.807, 2.05) is 6.08 Å². The average Bonchev–Trinajstić information content (AvgIpc) is 3.36. The van der Waals surface area contributed by atoms with E-state index in [-0.39, 0.29) is 41.1 Å². The van der Waals surface area contributed by atoms with Crippen LogP contribution in [0, 0.1) is 41.8 Å². The molecule has 0 bridgehead atoms. The summed E-state index contributed by atoms with van der Waals surface area (Å²) in [6.45, 7) is 3.47. The van der Waals surface area contributed by atoms with Crippen molar-refractivity contribution >= 4 is 58.2 Å². The number of aryl methyl sites for hydroxylation is 1. The number of carbonyl (C=O) groups is 4. The number of allylic oxidation sites excluding steroid dienone is 2. The highest BCUT2D eigenvalue weighted by Crippen LogP contribution is 2.64. The third-order valence-corrected chi connectivity index (χ3v) is 10.6. The molecule has 2 aliphatic heterocycles. The lowest BCUT2D eigenvalue weighted by Crippen LogP contribution is -2.49. The van der Waals surface area contributed by atoms with Crippen molar-refractivity contribution in [2.45, 2.75) is 32.6 Å². The number of hydrogen-bond donors (Lipinski definition) is 1. The van der Waals surface area contributed by atoms with Gasteiger partial charge in [0.15, 0.2) is 0 Å². The number of amides is 4. The molecule has 4 aliphatic rings. The number of fused-ring (bicyclic) bond motifs is 4.